The molecular weight excluding hydrogens is 295 g/mol. The summed E-state index contributed by atoms with van der Waals surface area (Å²) in [5, 5.41) is 0.637. The maximum atomic E-state index is 12.9. The first-order valence-electron chi connectivity index (χ1n) is 5.04. The number of rotatable bonds is 5. The van der Waals surface area contributed by atoms with Crippen LogP contribution in [0.1, 0.15) is 13.3 Å². The van der Waals surface area contributed by atoms with Crippen LogP contribution in [0.15, 0.2) is 29.2 Å². The molecule has 1 aromatic rings. The Kier molecular flexibility index (Phi) is 4.92. The molecule has 0 aliphatic carbocycles. The number of alkyl halides is 1. The van der Waals surface area contributed by atoms with Crippen molar-refractivity contribution < 1.29 is 12.8 Å². The lowest BCUT2D eigenvalue weighted by Gasteiger charge is -2.11. The molecule has 0 aliphatic heterocycles. The van der Waals surface area contributed by atoms with Crippen molar-refractivity contribution in [3.8, 4) is 0 Å². The van der Waals surface area contributed by atoms with E-state index in [1.54, 1.807) is 0 Å². The molecule has 0 N–H and O–H groups in total. The molecular formula is C11H14BrFO2S. The summed E-state index contributed by atoms with van der Waals surface area (Å²) in [6.07, 6.45) is 0.778. The highest BCUT2D eigenvalue weighted by Gasteiger charge is 2.19. The Hall–Kier alpha value is -0.420. The molecule has 90 valence electrons. The second-order valence-electron chi connectivity index (χ2n) is 3.67. The summed E-state index contributed by atoms with van der Waals surface area (Å²) in [5.74, 6) is -0.403. The summed E-state index contributed by atoms with van der Waals surface area (Å²) in [6.45, 7) is 1.94. The quantitative estimate of drug-likeness (QED) is 0.784. The van der Waals surface area contributed by atoms with Gasteiger partial charge in [0.1, 0.15) is 5.82 Å². The largest absolute Gasteiger partial charge is 0.224 e. The summed E-state index contributed by atoms with van der Waals surface area (Å²) in [5.41, 5.74) is 0. The van der Waals surface area contributed by atoms with Crippen LogP contribution >= 0.6 is 15.9 Å². The molecule has 1 unspecified atom stereocenters. The van der Waals surface area contributed by atoms with Crippen LogP contribution in [0, 0.1) is 11.7 Å². The van der Waals surface area contributed by atoms with Crippen LogP contribution in [-0.4, -0.2) is 19.5 Å². The third kappa shape index (κ3) is 3.56. The van der Waals surface area contributed by atoms with Crippen LogP contribution in [0.2, 0.25) is 0 Å². The summed E-state index contributed by atoms with van der Waals surface area (Å²) < 4.78 is 36.8. The second kappa shape index (κ2) is 5.77. The maximum absolute atomic E-state index is 12.9. The lowest BCUT2D eigenvalue weighted by molar-refractivity contribution is 0.566. The van der Waals surface area contributed by atoms with Gasteiger partial charge in [-0.3, -0.25) is 0 Å². The Morgan fingerprint density at radius 2 is 2.12 bits per heavy atom. The first-order chi connectivity index (χ1) is 7.49. The minimum atomic E-state index is -3.38. The smallest absolute Gasteiger partial charge is 0.178 e. The number of sulfone groups is 1. The van der Waals surface area contributed by atoms with Gasteiger partial charge in [0.15, 0.2) is 9.84 Å². The van der Waals surface area contributed by atoms with Gasteiger partial charge >= 0.3 is 0 Å². The molecule has 0 saturated heterocycles. The Bertz CT molecular complexity index is 441. The predicted molar refractivity (Wildman–Crippen MR) is 66.0 cm³/mol. The van der Waals surface area contributed by atoms with Gasteiger partial charge in [0.25, 0.3) is 0 Å². The zero-order valence-corrected chi connectivity index (χ0v) is 11.4. The highest BCUT2D eigenvalue weighted by molar-refractivity contribution is 9.09. The van der Waals surface area contributed by atoms with Gasteiger partial charge in [-0.25, -0.2) is 12.8 Å². The first-order valence-corrected chi connectivity index (χ1v) is 7.81. The zero-order chi connectivity index (χ0) is 12.2. The van der Waals surface area contributed by atoms with E-state index in [1.807, 2.05) is 6.92 Å². The Balaban J connectivity index is 2.94. The minimum absolute atomic E-state index is 0.0538. The summed E-state index contributed by atoms with van der Waals surface area (Å²) in [4.78, 5) is 0.0619. The van der Waals surface area contributed by atoms with Crippen molar-refractivity contribution in [1.29, 1.82) is 0 Å². The van der Waals surface area contributed by atoms with Gasteiger partial charge < -0.3 is 0 Å². The van der Waals surface area contributed by atoms with Crippen molar-refractivity contribution in [2.24, 2.45) is 5.92 Å². The summed E-state index contributed by atoms with van der Waals surface area (Å²) in [7, 11) is -3.38. The molecule has 0 spiro atoms. The van der Waals surface area contributed by atoms with Crippen molar-refractivity contribution in [1.82, 2.24) is 0 Å². The molecule has 5 heteroatoms. The van der Waals surface area contributed by atoms with Crippen LogP contribution in [-0.2, 0) is 9.84 Å². The SMILES string of the molecule is CCC(CBr)CS(=O)(=O)c1cccc(F)c1. The summed E-state index contributed by atoms with van der Waals surface area (Å²) >= 11 is 3.28. The van der Waals surface area contributed by atoms with Gasteiger partial charge in [-0.05, 0) is 24.1 Å². The van der Waals surface area contributed by atoms with Crippen LogP contribution < -0.4 is 0 Å². The molecule has 0 saturated carbocycles. The minimum Gasteiger partial charge on any atom is -0.224 e. The summed E-state index contributed by atoms with van der Waals surface area (Å²) in [6, 6.07) is 5.15. The molecule has 0 bridgehead atoms. The topological polar surface area (TPSA) is 34.1 Å². The molecule has 0 aromatic heterocycles. The molecule has 0 radical (unpaired) electrons. The van der Waals surface area contributed by atoms with Gasteiger partial charge in [0, 0.05) is 5.33 Å². The van der Waals surface area contributed by atoms with E-state index in [4.69, 9.17) is 0 Å². The molecule has 0 fully saturated rings. The van der Waals surface area contributed by atoms with Gasteiger partial charge in [0.2, 0.25) is 0 Å². The van der Waals surface area contributed by atoms with Crippen molar-refractivity contribution in [3.05, 3.63) is 30.1 Å². The van der Waals surface area contributed by atoms with Gasteiger partial charge in [-0.2, -0.15) is 0 Å². The number of benzene rings is 1. The molecule has 0 amide bonds. The van der Waals surface area contributed by atoms with E-state index >= 15 is 0 Å². The van der Waals surface area contributed by atoms with E-state index in [0.29, 0.717) is 5.33 Å². The fourth-order valence-corrected chi connectivity index (χ4v) is 4.07. The van der Waals surface area contributed by atoms with Gasteiger partial charge in [-0.1, -0.05) is 35.3 Å². The van der Waals surface area contributed by atoms with Crippen molar-refractivity contribution in [2.75, 3.05) is 11.1 Å². The average Bonchev–Trinajstić information content (AvgIpc) is 2.26. The first kappa shape index (κ1) is 13.6. The zero-order valence-electron chi connectivity index (χ0n) is 8.99. The molecule has 1 rings (SSSR count). The fourth-order valence-electron chi connectivity index (χ4n) is 1.34. The Morgan fingerprint density at radius 3 is 2.62 bits per heavy atom. The van der Waals surface area contributed by atoms with Crippen LogP contribution in [0.4, 0.5) is 4.39 Å². The van der Waals surface area contributed by atoms with E-state index in [2.05, 4.69) is 15.9 Å². The van der Waals surface area contributed by atoms with Gasteiger partial charge in [0.05, 0.1) is 10.6 Å². The van der Waals surface area contributed by atoms with Crippen LogP contribution in [0.5, 0.6) is 0 Å². The number of hydrogen-bond donors (Lipinski definition) is 0. The Labute approximate surface area is 104 Å². The van der Waals surface area contributed by atoms with Gasteiger partial charge in [-0.15, -0.1) is 0 Å². The molecule has 0 heterocycles. The normalized spacial score (nSPS) is 13.7. The van der Waals surface area contributed by atoms with E-state index in [9.17, 15) is 12.8 Å². The Morgan fingerprint density at radius 1 is 1.44 bits per heavy atom. The number of hydrogen-bond acceptors (Lipinski definition) is 2. The molecule has 1 aromatic carbocycles. The lowest BCUT2D eigenvalue weighted by atomic mass is 10.2. The monoisotopic (exact) mass is 308 g/mol. The van der Waals surface area contributed by atoms with Crippen molar-refractivity contribution >= 4 is 25.8 Å². The molecule has 16 heavy (non-hydrogen) atoms. The van der Waals surface area contributed by atoms with Crippen molar-refractivity contribution in [3.63, 3.8) is 0 Å². The molecule has 2 nitrogen and oxygen atoms in total. The standard InChI is InChI=1S/C11H14BrFO2S/c1-2-9(7-12)8-16(14,15)11-5-3-4-10(13)6-11/h3-6,9H,2,7-8H2,1H3. The van der Waals surface area contributed by atoms with E-state index in [1.165, 1.54) is 18.2 Å². The third-order valence-electron chi connectivity index (χ3n) is 2.41. The van der Waals surface area contributed by atoms with E-state index in [0.717, 1.165) is 12.5 Å². The fraction of sp³-hybridized carbons (Fsp3) is 0.455. The van der Waals surface area contributed by atoms with Crippen molar-refractivity contribution in [2.45, 2.75) is 18.2 Å². The number of halogens is 2. The second-order valence-corrected chi connectivity index (χ2v) is 6.35. The highest BCUT2D eigenvalue weighted by Crippen LogP contribution is 2.18. The highest BCUT2D eigenvalue weighted by atomic mass is 79.9. The third-order valence-corrected chi connectivity index (χ3v) is 5.20. The molecule has 0 aliphatic rings. The van der Waals surface area contributed by atoms with E-state index < -0.39 is 15.7 Å². The predicted octanol–water partition coefficient (Wildman–Crippen LogP) is 3.02. The van der Waals surface area contributed by atoms with E-state index in [-0.39, 0.29) is 16.6 Å². The van der Waals surface area contributed by atoms with Crippen LogP contribution in [0.3, 0.4) is 0 Å². The molecule has 1 atom stereocenters. The maximum Gasteiger partial charge on any atom is 0.178 e. The average molecular weight is 309 g/mol. The van der Waals surface area contributed by atoms with Crippen LogP contribution in [0.25, 0.3) is 0 Å². The lowest BCUT2D eigenvalue weighted by Crippen LogP contribution is -2.17.